The highest BCUT2D eigenvalue weighted by Gasteiger charge is 2.25. The van der Waals surface area contributed by atoms with E-state index in [1.807, 2.05) is 26.0 Å². The van der Waals surface area contributed by atoms with E-state index in [1.165, 1.54) is 12.8 Å². The minimum atomic E-state index is -3.43. The molecule has 0 radical (unpaired) electrons. The van der Waals surface area contributed by atoms with E-state index in [-0.39, 0.29) is 6.04 Å². The molecule has 118 valence electrons. The topological polar surface area (TPSA) is 58.2 Å². The smallest absolute Gasteiger partial charge is 0.240 e. The SMILES string of the molecule is CCC1CCCNC1CNS(=O)(=O)c1ccc(C)cc1C. The minimum Gasteiger partial charge on any atom is -0.312 e. The molecule has 1 aromatic carbocycles. The summed E-state index contributed by atoms with van der Waals surface area (Å²) in [4.78, 5) is 0.386. The van der Waals surface area contributed by atoms with Gasteiger partial charge < -0.3 is 5.32 Å². The summed E-state index contributed by atoms with van der Waals surface area (Å²) in [6.07, 6.45) is 3.45. The summed E-state index contributed by atoms with van der Waals surface area (Å²) in [6, 6.07) is 5.68. The average Bonchev–Trinajstić information content (AvgIpc) is 2.45. The molecular weight excluding hydrogens is 284 g/mol. The minimum absolute atomic E-state index is 0.240. The number of piperidine rings is 1. The third-order valence-corrected chi connectivity index (χ3v) is 5.95. The van der Waals surface area contributed by atoms with Crippen LogP contribution in [0.15, 0.2) is 23.1 Å². The lowest BCUT2D eigenvalue weighted by Crippen LogP contribution is -2.48. The van der Waals surface area contributed by atoms with Gasteiger partial charge in [-0.2, -0.15) is 0 Å². The summed E-state index contributed by atoms with van der Waals surface area (Å²) in [5.74, 6) is 0.556. The van der Waals surface area contributed by atoms with Gasteiger partial charge in [0.15, 0.2) is 0 Å². The van der Waals surface area contributed by atoms with Gasteiger partial charge in [0.05, 0.1) is 4.90 Å². The van der Waals surface area contributed by atoms with Crippen molar-refractivity contribution in [3.8, 4) is 0 Å². The lowest BCUT2D eigenvalue weighted by Gasteiger charge is -2.32. The van der Waals surface area contributed by atoms with E-state index in [1.54, 1.807) is 6.07 Å². The van der Waals surface area contributed by atoms with Crippen LogP contribution in [-0.4, -0.2) is 27.5 Å². The molecule has 2 rings (SSSR count). The van der Waals surface area contributed by atoms with Gasteiger partial charge in [0.1, 0.15) is 0 Å². The van der Waals surface area contributed by atoms with Crippen molar-refractivity contribution in [3.05, 3.63) is 29.3 Å². The van der Waals surface area contributed by atoms with Gasteiger partial charge in [0.25, 0.3) is 0 Å². The number of nitrogens with one attached hydrogen (secondary N) is 2. The van der Waals surface area contributed by atoms with Crippen LogP contribution in [-0.2, 0) is 10.0 Å². The van der Waals surface area contributed by atoms with Crippen LogP contribution in [0.4, 0.5) is 0 Å². The van der Waals surface area contributed by atoms with Crippen molar-refractivity contribution in [2.45, 2.75) is 51.0 Å². The third-order valence-electron chi connectivity index (χ3n) is 4.36. The average molecular weight is 310 g/mol. The molecule has 0 spiro atoms. The van der Waals surface area contributed by atoms with Crippen LogP contribution in [0.5, 0.6) is 0 Å². The highest BCUT2D eigenvalue weighted by Crippen LogP contribution is 2.20. The van der Waals surface area contributed by atoms with E-state index < -0.39 is 10.0 Å². The summed E-state index contributed by atoms with van der Waals surface area (Å²) in [7, 11) is -3.43. The fourth-order valence-corrected chi connectivity index (χ4v) is 4.41. The molecule has 2 atom stereocenters. The zero-order valence-electron chi connectivity index (χ0n) is 13.1. The molecule has 1 fully saturated rings. The molecule has 0 aromatic heterocycles. The summed E-state index contributed by atoms with van der Waals surface area (Å²) in [6.45, 7) is 7.42. The second kappa shape index (κ2) is 6.90. The molecule has 1 heterocycles. The van der Waals surface area contributed by atoms with Crippen molar-refractivity contribution in [1.82, 2.24) is 10.0 Å². The van der Waals surface area contributed by atoms with Gasteiger partial charge in [0, 0.05) is 12.6 Å². The fourth-order valence-electron chi connectivity index (χ4n) is 3.13. The number of hydrogen-bond acceptors (Lipinski definition) is 3. The predicted molar refractivity (Wildman–Crippen MR) is 85.9 cm³/mol. The molecule has 1 aromatic rings. The van der Waals surface area contributed by atoms with Crippen molar-refractivity contribution >= 4 is 10.0 Å². The van der Waals surface area contributed by atoms with Crippen LogP contribution >= 0.6 is 0 Å². The van der Waals surface area contributed by atoms with Crippen molar-refractivity contribution in [3.63, 3.8) is 0 Å². The van der Waals surface area contributed by atoms with Gasteiger partial charge in [-0.1, -0.05) is 31.0 Å². The van der Waals surface area contributed by atoms with Crippen molar-refractivity contribution in [2.24, 2.45) is 5.92 Å². The highest BCUT2D eigenvalue weighted by atomic mass is 32.2. The molecule has 1 aliphatic rings. The first-order valence-corrected chi connectivity index (χ1v) is 9.22. The number of benzene rings is 1. The molecule has 21 heavy (non-hydrogen) atoms. The van der Waals surface area contributed by atoms with E-state index in [0.29, 0.717) is 17.4 Å². The summed E-state index contributed by atoms with van der Waals surface area (Å²) < 4.78 is 27.7. The molecule has 1 saturated heterocycles. The maximum Gasteiger partial charge on any atom is 0.240 e. The lowest BCUT2D eigenvalue weighted by molar-refractivity contribution is 0.273. The van der Waals surface area contributed by atoms with E-state index >= 15 is 0 Å². The van der Waals surface area contributed by atoms with Crippen LogP contribution < -0.4 is 10.0 Å². The van der Waals surface area contributed by atoms with Gasteiger partial charge in [-0.15, -0.1) is 0 Å². The van der Waals surface area contributed by atoms with E-state index in [4.69, 9.17) is 0 Å². The van der Waals surface area contributed by atoms with Gasteiger partial charge in [-0.05, 0) is 50.8 Å². The maximum absolute atomic E-state index is 12.5. The second-order valence-electron chi connectivity index (χ2n) is 5.99. The Morgan fingerprint density at radius 1 is 1.33 bits per heavy atom. The Hall–Kier alpha value is -0.910. The van der Waals surface area contributed by atoms with Crippen LogP contribution in [0, 0.1) is 19.8 Å². The number of hydrogen-bond donors (Lipinski definition) is 2. The van der Waals surface area contributed by atoms with E-state index in [9.17, 15) is 8.42 Å². The quantitative estimate of drug-likeness (QED) is 0.878. The Bertz CT molecular complexity index is 584. The van der Waals surface area contributed by atoms with E-state index in [2.05, 4.69) is 17.0 Å². The fraction of sp³-hybridized carbons (Fsp3) is 0.625. The normalized spacial score (nSPS) is 23.2. The first-order chi connectivity index (χ1) is 9.94. The van der Waals surface area contributed by atoms with Gasteiger partial charge >= 0.3 is 0 Å². The van der Waals surface area contributed by atoms with Crippen molar-refractivity contribution in [2.75, 3.05) is 13.1 Å². The Morgan fingerprint density at radius 2 is 2.10 bits per heavy atom. The Labute approximate surface area is 128 Å². The monoisotopic (exact) mass is 310 g/mol. The zero-order chi connectivity index (χ0) is 15.5. The molecule has 4 nitrogen and oxygen atoms in total. The van der Waals surface area contributed by atoms with Gasteiger partial charge in [0.2, 0.25) is 10.0 Å². The Morgan fingerprint density at radius 3 is 2.76 bits per heavy atom. The number of sulfonamides is 1. The van der Waals surface area contributed by atoms with Crippen molar-refractivity contribution < 1.29 is 8.42 Å². The largest absolute Gasteiger partial charge is 0.312 e. The van der Waals surface area contributed by atoms with Crippen LogP contribution in [0.2, 0.25) is 0 Å². The standard InChI is InChI=1S/C16H26N2O2S/c1-4-14-6-5-9-17-15(14)11-18-21(19,20)16-8-7-12(2)10-13(16)3/h7-8,10,14-15,17-18H,4-6,9,11H2,1-3H3. The lowest BCUT2D eigenvalue weighted by atomic mass is 9.89. The first kappa shape index (κ1) is 16.5. The summed E-state index contributed by atoms with van der Waals surface area (Å²) >= 11 is 0. The molecule has 0 bridgehead atoms. The number of rotatable bonds is 5. The predicted octanol–water partition coefficient (Wildman–Crippen LogP) is 2.36. The molecule has 5 heteroatoms. The van der Waals surface area contributed by atoms with Gasteiger partial charge in [-0.25, -0.2) is 13.1 Å². The van der Waals surface area contributed by atoms with Crippen LogP contribution in [0.25, 0.3) is 0 Å². The molecule has 1 aliphatic heterocycles. The molecule has 2 unspecified atom stereocenters. The summed E-state index contributed by atoms with van der Waals surface area (Å²) in [5, 5.41) is 3.44. The van der Waals surface area contributed by atoms with Crippen molar-refractivity contribution in [1.29, 1.82) is 0 Å². The molecule has 0 aliphatic carbocycles. The Kier molecular flexibility index (Phi) is 5.41. The second-order valence-corrected chi connectivity index (χ2v) is 7.73. The third kappa shape index (κ3) is 4.05. The van der Waals surface area contributed by atoms with E-state index in [0.717, 1.165) is 24.1 Å². The number of aryl methyl sites for hydroxylation is 2. The van der Waals surface area contributed by atoms with Crippen LogP contribution in [0.3, 0.4) is 0 Å². The van der Waals surface area contributed by atoms with Crippen LogP contribution in [0.1, 0.15) is 37.3 Å². The molecular formula is C16H26N2O2S. The highest BCUT2D eigenvalue weighted by molar-refractivity contribution is 7.89. The Balaban J connectivity index is 2.07. The van der Waals surface area contributed by atoms with Gasteiger partial charge in [-0.3, -0.25) is 0 Å². The zero-order valence-corrected chi connectivity index (χ0v) is 14.0. The molecule has 0 saturated carbocycles. The summed E-state index contributed by atoms with van der Waals surface area (Å²) in [5.41, 5.74) is 1.87. The molecule has 2 N–H and O–H groups in total. The maximum atomic E-state index is 12.5. The molecule has 0 amide bonds. The first-order valence-electron chi connectivity index (χ1n) is 7.74.